The Morgan fingerprint density at radius 3 is 3.14 bits per heavy atom. The molecule has 1 aromatic rings. The third-order valence-corrected chi connectivity index (χ3v) is 3.11. The zero-order valence-electron chi connectivity index (χ0n) is 11.7. The lowest BCUT2D eigenvalue weighted by Gasteiger charge is -2.10. The van der Waals surface area contributed by atoms with Crippen molar-refractivity contribution in [2.75, 3.05) is 0 Å². The molecular weight excluding hydrogens is 270 g/mol. The lowest BCUT2D eigenvalue weighted by molar-refractivity contribution is -0.133. The van der Waals surface area contributed by atoms with Crippen molar-refractivity contribution in [2.45, 2.75) is 26.3 Å². The molecule has 0 bridgehead atoms. The number of esters is 1. The van der Waals surface area contributed by atoms with Gasteiger partial charge in [-0.3, -0.25) is 9.36 Å². The van der Waals surface area contributed by atoms with Crippen LogP contribution < -0.4 is 5.56 Å². The van der Waals surface area contributed by atoms with E-state index in [2.05, 4.69) is 16.6 Å². The Morgan fingerprint density at radius 1 is 1.67 bits per heavy atom. The van der Waals surface area contributed by atoms with Gasteiger partial charge < -0.3 is 4.74 Å². The second-order valence-electron chi connectivity index (χ2n) is 4.85. The summed E-state index contributed by atoms with van der Waals surface area (Å²) in [4.78, 5) is 31.8. The molecule has 1 unspecified atom stereocenters. The van der Waals surface area contributed by atoms with Crippen LogP contribution in [0.2, 0.25) is 0 Å². The molecule has 0 aliphatic carbocycles. The van der Waals surface area contributed by atoms with E-state index < -0.39 is 5.97 Å². The summed E-state index contributed by atoms with van der Waals surface area (Å²) in [6, 6.07) is 0. The van der Waals surface area contributed by atoms with E-state index in [1.54, 1.807) is 6.21 Å². The summed E-state index contributed by atoms with van der Waals surface area (Å²) in [7, 11) is 0. The average molecular weight is 285 g/mol. The van der Waals surface area contributed by atoms with Gasteiger partial charge in [-0.1, -0.05) is 13.5 Å². The number of hydrogen-bond donors (Lipinski definition) is 0. The lowest BCUT2D eigenvalue weighted by Crippen LogP contribution is -2.25. The molecule has 108 valence electrons. The zero-order chi connectivity index (χ0) is 15.4. The van der Waals surface area contributed by atoms with Gasteiger partial charge in [0.25, 0.3) is 5.56 Å². The molecule has 1 aliphatic heterocycles. The fourth-order valence-corrected chi connectivity index (χ4v) is 1.99. The van der Waals surface area contributed by atoms with Crippen LogP contribution in [-0.2, 0) is 22.5 Å². The number of nitrogens with zero attached hydrogens (tertiary/aromatic N) is 3. The van der Waals surface area contributed by atoms with Gasteiger partial charge in [0.15, 0.2) is 5.82 Å². The molecule has 2 heterocycles. The normalized spacial score (nSPS) is 16.5. The molecule has 0 aromatic carbocycles. The minimum atomic E-state index is -0.839. The Bertz CT molecular complexity index is 710. The molecule has 1 atom stereocenters. The molecule has 0 amide bonds. The van der Waals surface area contributed by atoms with Crippen molar-refractivity contribution in [1.29, 1.82) is 0 Å². The molecule has 6 heteroatoms. The number of aliphatic imine (C=N–C) groups is 1. The van der Waals surface area contributed by atoms with Crippen molar-refractivity contribution >= 4 is 18.0 Å². The Labute approximate surface area is 122 Å². The quantitative estimate of drug-likeness (QED) is 0.362. The highest BCUT2D eigenvalue weighted by molar-refractivity contribution is 5.88. The van der Waals surface area contributed by atoms with Crippen molar-refractivity contribution < 1.29 is 9.53 Å². The molecular formula is C15H15N3O3. The minimum Gasteiger partial charge on any atom is -0.420 e. The topological polar surface area (TPSA) is 73.6 Å². The molecule has 0 spiro atoms. The highest BCUT2D eigenvalue weighted by Crippen LogP contribution is 2.19. The summed E-state index contributed by atoms with van der Waals surface area (Å²) in [5, 5.41) is 0. The Morgan fingerprint density at radius 2 is 2.43 bits per heavy atom. The number of rotatable bonds is 3. The van der Waals surface area contributed by atoms with Crippen LogP contribution in [0, 0.1) is 18.3 Å². The molecule has 0 saturated carbocycles. The first kappa shape index (κ1) is 14.7. The van der Waals surface area contributed by atoms with Crippen LogP contribution in [0.5, 0.6) is 0 Å². The molecule has 21 heavy (non-hydrogen) atoms. The van der Waals surface area contributed by atoms with Gasteiger partial charge in [0, 0.05) is 12.1 Å². The Kier molecular flexibility index (Phi) is 4.33. The van der Waals surface area contributed by atoms with Crippen molar-refractivity contribution in [2.24, 2.45) is 10.9 Å². The number of hydrogen-bond acceptors (Lipinski definition) is 5. The number of carbonyl (C=O) groups is 1. The molecule has 0 radical (unpaired) electrons. The first-order valence-electron chi connectivity index (χ1n) is 6.50. The average Bonchev–Trinajstić information content (AvgIpc) is 2.64. The summed E-state index contributed by atoms with van der Waals surface area (Å²) in [6.07, 6.45) is 9.52. The van der Waals surface area contributed by atoms with E-state index in [4.69, 9.17) is 11.2 Å². The SMILES string of the molecule is C#CC(=O)OC(=C)Cn1cnc2c(c1=O)CCC(C)C=N2. The maximum Gasteiger partial charge on any atom is 0.389 e. The smallest absolute Gasteiger partial charge is 0.389 e. The maximum absolute atomic E-state index is 12.4. The summed E-state index contributed by atoms with van der Waals surface area (Å²) >= 11 is 0. The van der Waals surface area contributed by atoms with Gasteiger partial charge in [-0.15, -0.1) is 6.42 Å². The Balaban J connectivity index is 2.23. The summed E-state index contributed by atoms with van der Waals surface area (Å²) in [5.41, 5.74) is 0.360. The number of carbonyl (C=O) groups excluding carboxylic acids is 1. The van der Waals surface area contributed by atoms with Crippen LogP contribution in [0.15, 0.2) is 28.5 Å². The van der Waals surface area contributed by atoms with Crippen molar-refractivity contribution in [1.82, 2.24) is 9.55 Å². The van der Waals surface area contributed by atoms with Gasteiger partial charge >= 0.3 is 5.97 Å². The van der Waals surface area contributed by atoms with Gasteiger partial charge in [0.1, 0.15) is 12.1 Å². The third kappa shape index (κ3) is 3.45. The van der Waals surface area contributed by atoms with Gasteiger partial charge in [-0.25, -0.2) is 14.8 Å². The zero-order valence-corrected chi connectivity index (χ0v) is 11.7. The van der Waals surface area contributed by atoms with Gasteiger partial charge in [-0.05, 0) is 18.8 Å². The fraction of sp³-hybridized carbons (Fsp3) is 0.333. The van der Waals surface area contributed by atoms with Crippen LogP contribution in [0.3, 0.4) is 0 Å². The van der Waals surface area contributed by atoms with E-state index in [9.17, 15) is 9.59 Å². The molecule has 1 aromatic heterocycles. The van der Waals surface area contributed by atoms with E-state index in [0.717, 1.165) is 6.42 Å². The second kappa shape index (κ2) is 6.18. The lowest BCUT2D eigenvalue weighted by atomic mass is 10.0. The van der Waals surface area contributed by atoms with E-state index in [1.807, 2.05) is 12.8 Å². The largest absolute Gasteiger partial charge is 0.420 e. The molecule has 2 rings (SSSR count). The number of ether oxygens (including phenoxy) is 1. The maximum atomic E-state index is 12.4. The third-order valence-electron chi connectivity index (χ3n) is 3.11. The summed E-state index contributed by atoms with van der Waals surface area (Å²) in [5.74, 6) is 1.82. The van der Waals surface area contributed by atoms with E-state index in [0.29, 0.717) is 23.7 Å². The predicted octanol–water partition coefficient (Wildman–Crippen LogP) is 1.22. The monoisotopic (exact) mass is 285 g/mol. The van der Waals surface area contributed by atoms with Crippen LogP contribution in [0.25, 0.3) is 0 Å². The minimum absolute atomic E-state index is 0.0196. The highest BCUT2D eigenvalue weighted by Gasteiger charge is 2.16. The van der Waals surface area contributed by atoms with Crippen molar-refractivity contribution in [3.05, 3.63) is 34.6 Å². The standard InChI is InChI=1S/C15H15N3O3/c1-4-13(19)21-11(3)8-18-9-17-14-12(15(18)20)6-5-10(2)7-16-14/h1,7,9-10H,3,5-6,8H2,2H3. The van der Waals surface area contributed by atoms with Crippen LogP contribution >= 0.6 is 0 Å². The molecule has 0 fully saturated rings. The molecule has 0 saturated heterocycles. The highest BCUT2D eigenvalue weighted by atomic mass is 16.5. The van der Waals surface area contributed by atoms with Gasteiger partial charge in [0.2, 0.25) is 0 Å². The van der Waals surface area contributed by atoms with Crippen molar-refractivity contribution in [3.63, 3.8) is 0 Å². The summed E-state index contributed by atoms with van der Waals surface area (Å²) < 4.78 is 6.09. The van der Waals surface area contributed by atoms with E-state index >= 15 is 0 Å². The molecule has 0 N–H and O–H groups in total. The number of terminal acetylenes is 1. The number of aromatic nitrogens is 2. The first-order valence-corrected chi connectivity index (χ1v) is 6.50. The number of allylic oxidation sites excluding steroid dienone is 1. The predicted molar refractivity (Wildman–Crippen MR) is 78.2 cm³/mol. The van der Waals surface area contributed by atoms with Crippen LogP contribution in [0.1, 0.15) is 18.9 Å². The Hall–Kier alpha value is -2.68. The van der Waals surface area contributed by atoms with E-state index in [-0.39, 0.29) is 17.9 Å². The van der Waals surface area contributed by atoms with Gasteiger partial charge in [0.05, 0.1) is 12.1 Å². The molecule has 6 nitrogen and oxygen atoms in total. The van der Waals surface area contributed by atoms with Crippen LogP contribution in [0.4, 0.5) is 5.82 Å². The van der Waals surface area contributed by atoms with E-state index in [1.165, 1.54) is 10.9 Å². The molecule has 1 aliphatic rings. The van der Waals surface area contributed by atoms with Crippen LogP contribution in [-0.4, -0.2) is 21.7 Å². The van der Waals surface area contributed by atoms with Gasteiger partial charge in [-0.2, -0.15) is 0 Å². The number of fused-ring (bicyclic) bond motifs is 1. The summed E-state index contributed by atoms with van der Waals surface area (Å²) in [6.45, 7) is 5.62. The first-order chi connectivity index (χ1) is 10.0. The second-order valence-corrected chi connectivity index (χ2v) is 4.85. The fourth-order valence-electron chi connectivity index (χ4n) is 1.99. The van der Waals surface area contributed by atoms with Crippen molar-refractivity contribution in [3.8, 4) is 12.3 Å².